The number of carbonyl (C=O) groups excluding carboxylic acids is 1. The SMILES string of the molecule is C=C(C)OC(=O)CC1CCNC1. The fraction of sp³-hybridized carbons (Fsp3) is 0.667. The van der Waals surface area contributed by atoms with E-state index in [0.717, 1.165) is 19.5 Å². The first-order valence-electron chi connectivity index (χ1n) is 4.25. The largest absolute Gasteiger partial charge is 0.432 e. The molecule has 12 heavy (non-hydrogen) atoms. The number of esters is 1. The summed E-state index contributed by atoms with van der Waals surface area (Å²) < 4.78 is 4.85. The fourth-order valence-corrected chi connectivity index (χ4v) is 1.36. The molecule has 3 heteroatoms. The summed E-state index contributed by atoms with van der Waals surface area (Å²) >= 11 is 0. The predicted molar refractivity (Wildman–Crippen MR) is 46.5 cm³/mol. The van der Waals surface area contributed by atoms with E-state index < -0.39 is 0 Å². The Hall–Kier alpha value is -0.830. The van der Waals surface area contributed by atoms with Crippen LogP contribution in [0, 0.1) is 5.92 Å². The van der Waals surface area contributed by atoms with Crippen molar-refractivity contribution in [2.75, 3.05) is 13.1 Å². The highest BCUT2D eigenvalue weighted by Crippen LogP contribution is 2.13. The molecular weight excluding hydrogens is 154 g/mol. The van der Waals surface area contributed by atoms with E-state index in [1.807, 2.05) is 0 Å². The number of carbonyl (C=O) groups is 1. The third-order valence-corrected chi connectivity index (χ3v) is 1.91. The molecule has 0 aromatic rings. The molecule has 1 atom stereocenters. The van der Waals surface area contributed by atoms with Crippen LogP contribution in [0.25, 0.3) is 0 Å². The number of hydrogen-bond donors (Lipinski definition) is 1. The summed E-state index contributed by atoms with van der Waals surface area (Å²) in [7, 11) is 0. The minimum atomic E-state index is -0.156. The number of allylic oxidation sites excluding steroid dienone is 1. The number of hydrogen-bond acceptors (Lipinski definition) is 3. The lowest BCUT2D eigenvalue weighted by molar-refractivity contribution is -0.140. The monoisotopic (exact) mass is 169 g/mol. The van der Waals surface area contributed by atoms with E-state index in [4.69, 9.17) is 4.74 Å². The first-order valence-corrected chi connectivity index (χ1v) is 4.25. The molecule has 0 aromatic heterocycles. The summed E-state index contributed by atoms with van der Waals surface area (Å²) in [5, 5.41) is 3.20. The lowest BCUT2D eigenvalue weighted by Crippen LogP contribution is -2.13. The van der Waals surface area contributed by atoms with Crippen LogP contribution in [0.3, 0.4) is 0 Å². The average Bonchev–Trinajstić information content (AvgIpc) is 2.37. The zero-order chi connectivity index (χ0) is 8.97. The second-order valence-electron chi connectivity index (χ2n) is 3.24. The van der Waals surface area contributed by atoms with Crippen molar-refractivity contribution in [1.29, 1.82) is 0 Å². The highest BCUT2D eigenvalue weighted by molar-refractivity contribution is 5.70. The van der Waals surface area contributed by atoms with Crippen LogP contribution < -0.4 is 5.32 Å². The quantitative estimate of drug-likeness (QED) is 0.507. The zero-order valence-corrected chi connectivity index (χ0v) is 7.43. The summed E-state index contributed by atoms with van der Waals surface area (Å²) in [4.78, 5) is 11.1. The fourth-order valence-electron chi connectivity index (χ4n) is 1.36. The van der Waals surface area contributed by atoms with Crippen molar-refractivity contribution in [2.45, 2.75) is 19.8 Å². The maximum atomic E-state index is 11.1. The molecule has 0 bridgehead atoms. The third kappa shape index (κ3) is 3.05. The Morgan fingerprint density at radius 3 is 3.00 bits per heavy atom. The van der Waals surface area contributed by atoms with Crippen LogP contribution in [0.2, 0.25) is 0 Å². The maximum absolute atomic E-state index is 11.1. The van der Waals surface area contributed by atoms with Gasteiger partial charge in [0.1, 0.15) is 0 Å². The van der Waals surface area contributed by atoms with Gasteiger partial charge in [0.25, 0.3) is 0 Å². The van der Waals surface area contributed by atoms with Gasteiger partial charge in [-0.15, -0.1) is 0 Å². The molecular formula is C9H15NO2. The van der Waals surface area contributed by atoms with Crippen molar-refractivity contribution >= 4 is 5.97 Å². The third-order valence-electron chi connectivity index (χ3n) is 1.91. The van der Waals surface area contributed by atoms with Crippen molar-refractivity contribution in [3.05, 3.63) is 12.3 Å². The molecule has 0 aliphatic carbocycles. The topological polar surface area (TPSA) is 38.3 Å². The van der Waals surface area contributed by atoms with Crippen molar-refractivity contribution in [1.82, 2.24) is 5.32 Å². The van der Waals surface area contributed by atoms with E-state index in [-0.39, 0.29) is 5.97 Å². The van der Waals surface area contributed by atoms with E-state index >= 15 is 0 Å². The highest BCUT2D eigenvalue weighted by Gasteiger charge is 2.18. The Bertz CT molecular complexity index is 183. The Labute approximate surface area is 72.8 Å². The van der Waals surface area contributed by atoms with Crippen LogP contribution in [0.4, 0.5) is 0 Å². The normalized spacial score (nSPS) is 22.2. The summed E-state index contributed by atoms with van der Waals surface area (Å²) in [6.45, 7) is 7.15. The second kappa shape index (κ2) is 4.26. The van der Waals surface area contributed by atoms with Gasteiger partial charge in [0.15, 0.2) is 0 Å². The van der Waals surface area contributed by atoms with Gasteiger partial charge in [-0.05, 0) is 32.4 Å². The lowest BCUT2D eigenvalue weighted by Gasteiger charge is -2.07. The zero-order valence-electron chi connectivity index (χ0n) is 7.43. The Morgan fingerprint density at radius 1 is 1.75 bits per heavy atom. The van der Waals surface area contributed by atoms with Crippen LogP contribution in [0.15, 0.2) is 12.3 Å². The minimum absolute atomic E-state index is 0.156. The van der Waals surface area contributed by atoms with Crippen molar-refractivity contribution < 1.29 is 9.53 Å². The van der Waals surface area contributed by atoms with Gasteiger partial charge in [-0.2, -0.15) is 0 Å². The molecule has 1 saturated heterocycles. The van der Waals surface area contributed by atoms with Gasteiger partial charge in [0, 0.05) is 0 Å². The Kier molecular flexibility index (Phi) is 3.29. The van der Waals surface area contributed by atoms with Gasteiger partial charge >= 0.3 is 5.97 Å². The molecule has 68 valence electrons. The van der Waals surface area contributed by atoms with Crippen LogP contribution >= 0.6 is 0 Å². The summed E-state index contributed by atoms with van der Waals surface area (Å²) in [5.41, 5.74) is 0. The molecule has 1 aliphatic rings. The summed E-state index contributed by atoms with van der Waals surface area (Å²) in [6, 6.07) is 0. The van der Waals surface area contributed by atoms with Gasteiger partial charge in [0.05, 0.1) is 12.2 Å². The minimum Gasteiger partial charge on any atom is -0.432 e. The predicted octanol–water partition coefficient (Wildman–Crippen LogP) is 1.06. The molecule has 1 unspecified atom stereocenters. The molecule has 0 aromatic carbocycles. The first kappa shape index (κ1) is 9.26. The molecule has 1 aliphatic heterocycles. The summed E-state index contributed by atoms with van der Waals surface area (Å²) in [5.74, 6) is 0.777. The van der Waals surface area contributed by atoms with Gasteiger partial charge < -0.3 is 10.1 Å². The number of rotatable bonds is 3. The van der Waals surface area contributed by atoms with Crippen LogP contribution in [-0.2, 0) is 9.53 Å². The number of nitrogens with one attached hydrogen (secondary N) is 1. The second-order valence-corrected chi connectivity index (χ2v) is 3.24. The van der Waals surface area contributed by atoms with Gasteiger partial charge in [0.2, 0.25) is 0 Å². The highest BCUT2D eigenvalue weighted by atomic mass is 16.5. The standard InChI is InChI=1S/C9H15NO2/c1-7(2)12-9(11)5-8-3-4-10-6-8/h8,10H,1,3-6H2,2H3. The van der Waals surface area contributed by atoms with E-state index in [1.165, 1.54) is 0 Å². The molecule has 0 radical (unpaired) electrons. The van der Waals surface area contributed by atoms with E-state index in [1.54, 1.807) is 6.92 Å². The molecule has 1 N–H and O–H groups in total. The molecule has 0 spiro atoms. The maximum Gasteiger partial charge on any atom is 0.311 e. The average molecular weight is 169 g/mol. The first-order chi connectivity index (χ1) is 5.68. The molecule has 3 nitrogen and oxygen atoms in total. The molecule has 1 heterocycles. The van der Waals surface area contributed by atoms with Crippen LogP contribution in [0.5, 0.6) is 0 Å². The van der Waals surface area contributed by atoms with Crippen molar-refractivity contribution in [3.63, 3.8) is 0 Å². The van der Waals surface area contributed by atoms with E-state index in [2.05, 4.69) is 11.9 Å². The summed E-state index contributed by atoms with van der Waals surface area (Å²) in [6.07, 6.45) is 1.59. The smallest absolute Gasteiger partial charge is 0.311 e. The van der Waals surface area contributed by atoms with Gasteiger partial charge in [-0.3, -0.25) is 4.79 Å². The molecule has 1 rings (SSSR count). The van der Waals surface area contributed by atoms with Gasteiger partial charge in [-0.1, -0.05) is 6.58 Å². The van der Waals surface area contributed by atoms with Crippen LogP contribution in [0.1, 0.15) is 19.8 Å². The molecule has 0 saturated carbocycles. The Morgan fingerprint density at radius 2 is 2.50 bits per heavy atom. The number of ether oxygens (including phenoxy) is 1. The molecule has 1 fully saturated rings. The van der Waals surface area contributed by atoms with Gasteiger partial charge in [-0.25, -0.2) is 0 Å². The van der Waals surface area contributed by atoms with Crippen molar-refractivity contribution in [2.24, 2.45) is 5.92 Å². The Balaban J connectivity index is 2.20. The molecule has 0 amide bonds. The van der Waals surface area contributed by atoms with Crippen LogP contribution in [-0.4, -0.2) is 19.1 Å². The van der Waals surface area contributed by atoms with Crippen molar-refractivity contribution in [3.8, 4) is 0 Å². The van der Waals surface area contributed by atoms with E-state index in [0.29, 0.717) is 18.1 Å². The lowest BCUT2D eigenvalue weighted by atomic mass is 10.1. The van der Waals surface area contributed by atoms with E-state index in [9.17, 15) is 4.79 Å².